The molecule has 0 unspecified atom stereocenters. The van der Waals surface area contributed by atoms with Crippen LogP contribution in [0.4, 0.5) is 0 Å². The molecule has 0 fully saturated rings. The van der Waals surface area contributed by atoms with Crippen molar-refractivity contribution < 1.29 is 16.2 Å². The van der Waals surface area contributed by atoms with E-state index < -0.39 is 18.1 Å². The molecule has 3 aromatic heterocycles. The lowest BCUT2D eigenvalue weighted by Gasteiger charge is -2.27. The van der Waals surface area contributed by atoms with Crippen LogP contribution in [-0.2, 0) is 17.3 Å². The number of fused-ring (bicyclic) bond motifs is 4. The molecule has 0 saturated carbocycles. The van der Waals surface area contributed by atoms with Crippen LogP contribution in [0.2, 0.25) is 0 Å². The second kappa shape index (κ2) is 18.0. The molecule has 356 valence electrons. The largest absolute Gasteiger partial charge is 0.458 e. The van der Waals surface area contributed by atoms with Gasteiger partial charge >= 0.3 is 0 Å². The molecule has 11 aromatic rings. The topological polar surface area (TPSA) is 35.9 Å². The van der Waals surface area contributed by atoms with Crippen LogP contribution in [0.3, 0.4) is 0 Å². The average molecular weight is 944 g/mol. The van der Waals surface area contributed by atoms with Crippen LogP contribution in [0, 0.1) is 11.7 Å². The highest BCUT2D eigenvalue weighted by atomic mass is 16.5. The van der Waals surface area contributed by atoms with Gasteiger partial charge in [0.15, 0.2) is 0 Å². The molecule has 0 saturated heterocycles. The Hall–Kier alpha value is -8.02. The van der Waals surface area contributed by atoms with E-state index in [0.717, 1.165) is 84.1 Å². The lowest BCUT2D eigenvalue weighted by molar-refractivity contribution is -0.571. The highest BCUT2D eigenvalue weighted by molar-refractivity contribution is 6.09. The van der Waals surface area contributed by atoms with Crippen molar-refractivity contribution in [3.8, 4) is 62.1 Å². The molecule has 0 amide bonds. The Morgan fingerprint density at radius 2 is 1.22 bits per heavy atom. The minimum atomic E-state index is -0.444. The predicted molar refractivity (Wildman–Crippen MR) is 299 cm³/mol. The molecular formula is C67H62N4O. The van der Waals surface area contributed by atoms with Crippen molar-refractivity contribution in [2.75, 3.05) is 0 Å². The van der Waals surface area contributed by atoms with Gasteiger partial charge in [0, 0.05) is 23.0 Å². The number of nitrogens with zero attached hydrogens (tertiary/aromatic N) is 4. The monoisotopic (exact) mass is 944 g/mol. The number of hydrogen-bond acceptors (Lipinski definition) is 2. The van der Waals surface area contributed by atoms with E-state index in [1.54, 1.807) is 0 Å². The Morgan fingerprint density at radius 1 is 0.542 bits per heavy atom. The van der Waals surface area contributed by atoms with Gasteiger partial charge < -0.3 is 4.74 Å². The fourth-order valence-electron chi connectivity index (χ4n) is 9.92. The zero-order valence-electron chi connectivity index (χ0n) is 47.6. The van der Waals surface area contributed by atoms with Crippen molar-refractivity contribution in [1.29, 1.82) is 0 Å². The summed E-state index contributed by atoms with van der Waals surface area (Å²) in [5.41, 5.74) is 12.7. The predicted octanol–water partition coefficient (Wildman–Crippen LogP) is 17.2. The van der Waals surface area contributed by atoms with Gasteiger partial charge in [-0.1, -0.05) is 196 Å². The molecule has 0 bridgehead atoms. The highest BCUT2D eigenvalue weighted by Crippen LogP contribution is 2.40. The summed E-state index contributed by atoms with van der Waals surface area (Å²) >= 11 is 0. The first kappa shape index (κ1) is 40.7. The van der Waals surface area contributed by atoms with Gasteiger partial charge in [-0.3, -0.25) is 13.7 Å². The van der Waals surface area contributed by atoms with Crippen molar-refractivity contribution in [3.05, 3.63) is 223 Å². The van der Waals surface area contributed by atoms with Crippen LogP contribution in [0.25, 0.3) is 83.4 Å². The van der Waals surface area contributed by atoms with Gasteiger partial charge in [0.25, 0.3) is 6.33 Å². The molecule has 72 heavy (non-hydrogen) atoms. The summed E-state index contributed by atoms with van der Waals surface area (Å²) in [6.45, 7) is 20.0. The van der Waals surface area contributed by atoms with Crippen LogP contribution >= 0.6 is 0 Å². The number of aromatic nitrogens is 4. The van der Waals surface area contributed by atoms with Crippen molar-refractivity contribution in [1.82, 2.24) is 14.1 Å². The number of hydrogen-bond donors (Lipinski definition) is 0. The number of imidazole rings is 1. The molecule has 0 aliphatic carbocycles. The van der Waals surface area contributed by atoms with Crippen LogP contribution in [0.5, 0.6) is 11.5 Å². The van der Waals surface area contributed by atoms with E-state index in [0.29, 0.717) is 22.7 Å². The molecule has 0 atom stereocenters. The number of ether oxygens (including phenoxy) is 1. The van der Waals surface area contributed by atoms with Crippen LogP contribution in [0.1, 0.15) is 85.9 Å². The van der Waals surface area contributed by atoms with Crippen molar-refractivity contribution in [2.24, 2.45) is 5.41 Å². The van der Waals surface area contributed by atoms with E-state index in [9.17, 15) is 2.74 Å². The maximum Gasteiger partial charge on any atom is 0.269 e. The van der Waals surface area contributed by atoms with Gasteiger partial charge in [0.2, 0.25) is 0 Å². The molecule has 0 aliphatic rings. The second-order valence-electron chi connectivity index (χ2n) is 22.2. The minimum Gasteiger partial charge on any atom is -0.458 e. The maximum absolute atomic E-state index is 9.35. The number of rotatable bonds is 9. The first-order valence-corrected chi connectivity index (χ1v) is 24.8. The van der Waals surface area contributed by atoms with Gasteiger partial charge in [-0.15, -0.1) is 0 Å². The third-order valence-electron chi connectivity index (χ3n) is 13.5. The zero-order valence-corrected chi connectivity index (χ0v) is 42.6. The normalized spacial score (nSPS) is 13.3. The summed E-state index contributed by atoms with van der Waals surface area (Å²) in [5.74, 6) is 2.13. The lowest BCUT2D eigenvalue weighted by Crippen LogP contribution is -2.31. The Labute approximate surface area is 431 Å². The Bertz CT molecular complexity index is 4050. The van der Waals surface area contributed by atoms with Crippen molar-refractivity contribution in [2.45, 2.75) is 79.6 Å². The molecule has 0 radical (unpaired) electrons. The first-order chi connectivity index (χ1) is 36.6. The number of pyridine rings is 1. The first-order valence-electron chi connectivity index (χ1n) is 27.3. The standard InChI is InChI=1S/C67H62N4O/c1-65(2,3)43-45-34-35-68-63(36-45)71-59-29-17-16-26-57(59)58-32-31-54(42-61(58)71)72-53-25-18-24-52(41-53)69-44-70(62-39-48(30-33-60(62)69)46-20-12-10-13-21-46)64-55(47-22-14-11-15-23-47)27-19-28-56(64)49-37-50(66(4,5)6)40-51(38-49)67(7,8)9/h10-42H,43H2,1-9H3/i11D,14D,15D,22D,23D. The lowest BCUT2D eigenvalue weighted by atomic mass is 9.78. The fraction of sp³-hybridized carbons (Fsp3) is 0.194. The molecule has 3 heterocycles. The van der Waals surface area contributed by atoms with E-state index in [-0.39, 0.29) is 33.9 Å². The Morgan fingerprint density at radius 3 is 1.96 bits per heavy atom. The minimum absolute atomic E-state index is 0.108. The molecule has 8 aromatic carbocycles. The van der Waals surface area contributed by atoms with E-state index in [1.165, 1.54) is 5.56 Å². The van der Waals surface area contributed by atoms with Crippen LogP contribution in [0.15, 0.2) is 200 Å². The van der Waals surface area contributed by atoms with E-state index in [4.69, 9.17) is 13.8 Å². The highest BCUT2D eigenvalue weighted by Gasteiger charge is 2.25. The van der Waals surface area contributed by atoms with Crippen LogP contribution < -0.4 is 9.30 Å². The second-order valence-corrected chi connectivity index (χ2v) is 22.2. The SMILES string of the molecule is [2H]c1c([2H])c([2H])c(-c2cccc(-c3cc(C(C)(C)C)cc(C(C)(C)C)c3)c2-[n+]2[c-]n(-c3cccc(Oc4ccc5c6ccccc6n(-c6cc(CC(C)(C)C)ccn6)c5c4)c3)c3ccc(-c4ccccc4)cc32)c([2H])c1[2H]. The van der Waals surface area contributed by atoms with E-state index in [1.807, 2.05) is 76.0 Å². The summed E-state index contributed by atoms with van der Waals surface area (Å²) in [7, 11) is 0. The summed E-state index contributed by atoms with van der Waals surface area (Å²) in [4.78, 5) is 4.90. The molecule has 0 N–H and O–H groups in total. The van der Waals surface area contributed by atoms with Gasteiger partial charge in [-0.2, -0.15) is 0 Å². The molecule has 0 aliphatic heterocycles. The molecular weight excluding hydrogens is 877 g/mol. The quantitative estimate of drug-likeness (QED) is 0.107. The summed E-state index contributed by atoms with van der Waals surface area (Å²) < 4.78 is 58.1. The molecule has 0 spiro atoms. The average Bonchev–Trinajstić information content (AvgIpc) is 3.96. The summed E-state index contributed by atoms with van der Waals surface area (Å²) in [6, 6.07) is 54.3. The third kappa shape index (κ3) is 9.01. The van der Waals surface area contributed by atoms with Gasteiger partial charge in [0.1, 0.15) is 17.3 Å². The zero-order chi connectivity index (χ0) is 54.3. The van der Waals surface area contributed by atoms with E-state index >= 15 is 0 Å². The fourth-order valence-corrected chi connectivity index (χ4v) is 9.92. The van der Waals surface area contributed by atoms with Crippen molar-refractivity contribution in [3.63, 3.8) is 0 Å². The smallest absolute Gasteiger partial charge is 0.269 e. The molecule has 5 nitrogen and oxygen atoms in total. The number of para-hydroxylation sites is 2. The third-order valence-corrected chi connectivity index (χ3v) is 13.5. The Kier molecular flexibility index (Phi) is 10.2. The maximum atomic E-state index is 9.35. The van der Waals surface area contributed by atoms with Gasteiger partial charge in [0.05, 0.1) is 40.3 Å². The molecule has 5 heteroatoms. The Balaban J connectivity index is 1.12. The van der Waals surface area contributed by atoms with Crippen LogP contribution in [-0.4, -0.2) is 14.1 Å². The van der Waals surface area contributed by atoms with Gasteiger partial charge in [-0.05, 0) is 127 Å². The summed E-state index contributed by atoms with van der Waals surface area (Å²) in [5, 5.41) is 2.23. The summed E-state index contributed by atoms with van der Waals surface area (Å²) in [6.07, 6.45) is 6.60. The molecule has 11 rings (SSSR count). The number of benzene rings is 8. The van der Waals surface area contributed by atoms with E-state index in [2.05, 4.69) is 176 Å². The van der Waals surface area contributed by atoms with Crippen molar-refractivity contribution >= 4 is 32.8 Å². The van der Waals surface area contributed by atoms with Gasteiger partial charge in [-0.25, -0.2) is 4.98 Å².